The average Bonchev–Trinajstić information content (AvgIpc) is 2.15. The Labute approximate surface area is 103 Å². The van der Waals surface area contributed by atoms with E-state index in [-0.39, 0.29) is 5.82 Å². The van der Waals surface area contributed by atoms with Crippen LogP contribution in [0.4, 0.5) is 4.39 Å². The van der Waals surface area contributed by atoms with Crippen LogP contribution in [-0.4, -0.2) is 12.2 Å². The molecule has 0 amide bonds. The molecule has 2 nitrogen and oxygen atoms in total. The van der Waals surface area contributed by atoms with Crippen LogP contribution in [0, 0.1) is 19.7 Å². The highest BCUT2D eigenvalue weighted by atomic mass is 19.1. The minimum atomic E-state index is -0.574. The van der Waals surface area contributed by atoms with Gasteiger partial charge in [0.25, 0.3) is 0 Å². The molecule has 1 rings (SSSR count). The molecule has 0 aliphatic carbocycles. The third-order valence-corrected chi connectivity index (χ3v) is 3.06. The molecule has 0 radical (unpaired) electrons. The molecule has 0 bridgehead atoms. The summed E-state index contributed by atoms with van der Waals surface area (Å²) in [7, 11) is 0. The molecule has 1 aromatic carbocycles. The van der Waals surface area contributed by atoms with Crippen molar-refractivity contribution in [3.63, 3.8) is 0 Å². The lowest BCUT2D eigenvalue weighted by Crippen LogP contribution is -2.39. The van der Waals surface area contributed by atoms with E-state index in [9.17, 15) is 4.39 Å². The smallest absolute Gasteiger partial charge is 0.128 e. The van der Waals surface area contributed by atoms with Gasteiger partial charge >= 0.3 is 0 Å². The summed E-state index contributed by atoms with van der Waals surface area (Å²) in [5.41, 5.74) is 7.91. The number of rotatable bonds is 4. The first kappa shape index (κ1) is 14.1. The lowest BCUT2D eigenvalue weighted by molar-refractivity contribution is -0.0306. The molecule has 3 heteroatoms. The van der Waals surface area contributed by atoms with Crippen molar-refractivity contribution < 1.29 is 9.13 Å². The van der Waals surface area contributed by atoms with Crippen molar-refractivity contribution in [3.8, 4) is 0 Å². The minimum Gasteiger partial charge on any atom is -0.374 e. The third-order valence-electron chi connectivity index (χ3n) is 3.06. The van der Waals surface area contributed by atoms with Gasteiger partial charge in [0, 0.05) is 12.2 Å². The van der Waals surface area contributed by atoms with Crippen molar-refractivity contribution in [2.75, 3.05) is 6.61 Å². The van der Waals surface area contributed by atoms with Gasteiger partial charge in [-0.3, -0.25) is 0 Å². The Kier molecular flexibility index (Phi) is 4.28. The van der Waals surface area contributed by atoms with E-state index in [0.717, 1.165) is 11.1 Å². The lowest BCUT2D eigenvalue weighted by atomic mass is 9.88. The predicted octanol–water partition coefficient (Wildman–Crippen LogP) is 3.26. The fourth-order valence-corrected chi connectivity index (χ4v) is 2.13. The van der Waals surface area contributed by atoms with E-state index in [1.165, 1.54) is 6.07 Å². The molecule has 0 saturated carbocycles. The van der Waals surface area contributed by atoms with Crippen molar-refractivity contribution in [2.45, 2.75) is 46.3 Å². The van der Waals surface area contributed by atoms with E-state index in [1.807, 2.05) is 40.7 Å². The van der Waals surface area contributed by atoms with Crippen LogP contribution in [0.1, 0.15) is 43.5 Å². The Balaban J connectivity index is 3.16. The maximum atomic E-state index is 14.0. The normalized spacial score (nSPS) is 13.8. The predicted molar refractivity (Wildman–Crippen MR) is 68.5 cm³/mol. The van der Waals surface area contributed by atoms with Gasteiger partial charge in [0.1, 0.15) is 5.82 Å². The van der Waals surface area contributed by atoms with Crippen molar-refractivity contribution in [1.29, 1.82) is 0 Å². The Bertz CT molecular complexity index is 378. The van der Waals surface area contributed by atoms with Crippen LogP contribution < -0.4 is 5.73 Å². The monoisotopic (exact) mass is 239 g/mol. The molecule has 0 aromatic heterocycles. The van der Waals surface area contributed by atoms with Gasteiger partial charge in [-0.25, -0.2) is 4.39 Å². The molecular weight excluding hydrogens is 217 g/mol. The topological polar surface area (TPSA) is 35.2 Å². The quantitative estimate of drug-likeness (QED) is 0.875. The molecule has 17 heavy (non-hydrogen) atoms. The molecule has 1 atom stereocenters. The molecular formula is C14H22FNO. The highest BCUT2D eigenvalue weighted by Crippen LogP contribution is 2.31. The molecule has 0 fully saturated rings. The second-order valence-corrected chi connectivity index (χ2v) is 4.99. The largest absolute Gasteiger partial charge is 0.374 e. The number of hydrogen-bond acceptors (Lipinski definition) is 2. The van der Waals surface area contributed by atoms with Crippen molar-refractivity contribution in [3.05, 3.63) is 34.6 Å². The second kappa shape index (κ2) is 5.15. The minimum absolute atomic E-state index is 0.247. The maximum absolute atomic E-state index is 14.0. The molecule has 1 unspecified atom stereocenters. The van der Waals surface area contributed by atoms with Crippen LogP contribution in [0.5, 0.6) is 0 Å². The third kappa shape index (κ3) is 3.05. The molecule has 0 aliphatic rings. The number of ether oxygens (including phenoxy) is 1. The molecule has 2 N–H and O–H groups in total. The zero-order valence-corrected chi connectivity index (χ0v) is 11.3. The first-order valence-corrected chi connectivity index (χ1v) is 5.95. The summed E-state index contributed by atoms with van der Waals surface area (Å²) < 4.78 is 19.6. The van der Waals surface area contributed by atoms with Gasteiger partial charge in [-0.2, -0.15) is 0 Å². The van der Waals surface area contributed by atoms with Gasteiger partial charge in [-0.15, -0.1) is 0 Å². The summed E-state index contributed by atoms with van der Waals surface area (Å²) in [5.74, 6) is -0.247. The van der Waals surface area contributed by atoms with Crippen molar-refractivity contribution in [1.82, 2.24) is 0 Å². The van der Waals surface area contributed by atoms with E-state index < -0.39 is 11.6 Å². The van der Waals surface area contributed by atoms with Crippen molar-refractivity contribution >= 4 is 0 Å². The van der Waals surface area contributed by atoms with E-state index >= 15 is 0 Å². The van der Waals surface area contributed by atoms with Gasteiger partial charge in [-0.05, 0) is 51.8 Å². The number of halogens is 1. The highest BCUT2D eigenvalue weighted by Gasteiger charge is 2.31. The Hall–Kier alpha value is -0.930. The van der Waals surface area contributed by atoms with Gasteiger partial charge in [0.15, 0.2) is 0 Å². The Morgan fingerprint density at radius 3 is 2.41 bits per heavy atom. The van der Waals surface area contributed by atoms with Gasteiger partial charge in [0.2, 0.25) is 0 Å². The average molecular weight is 239 g/mol. The first-order chi connectivity index (χ1) is 7.79. The fraction of sp³-hybridized carbons (Fsp3) is 0.571. The zero-order valence-electron chi connectivity index (χ0n) is 11.3. The van der Waals surface area contributed by atoms with Gasteiger partial charge in [-0.1, -0.05) is 6.07 Å². The highest BCUT2D eigenvalue weighted by molar-refractivity contribution is 5.35. The second-order valence-electron chi connectivity index (χ2n) is 4.99. The van der Waals surface area contributed by atoms with E-state index in [0.29, 0.717) is 12.2 Å². The van der Waals surface area contributed by atoms with Crippen molar-refractivity contribution in [2.24, 2.45) is 5.73 Å². The first-order valence-electron chi connectivity index (χ1n) is 5.95. The summed E-state index contributed by atoms with van der Waals surface area (Å²) in [5, 5.41) is 0. The number of hydrogen-bond donors (Lipinski definition) is 1. The van der Waals surface area contributed by atoms with E-state index in [2.05, 4.69) is 0 Å². The Morgan fingerprint density at radius 1 is 1.35 bits per heavy atom. The Morgan fingerprint density at radius 2 is 1.94 bits per heavy atom. The summed E-state index contributed by atoms with van der Waals surface area (Å²) in [4.78, 5) is 0. The van der Waals surface area contributed by atoms with Gasteiger partial charge < -0.3 is 10.5 Å². The summed E-state index contributed by atoms with van der Waals surface area (Å²) in [6.07, 6.45) is 0. The van der Waals surface area contributed by atoms with Crippen LogP contribution >= 0.6 is 0 Å². The molecule has 0 aliphatic heterocycles. The fourth-order valence-electron chi connectivity index (χ4n) is 2.13. The number of benzene rings is 1. The summed E-state index contributed by atoms with van der Waals surface area (Å²) in [6, 6.07) is 2.99. The summed E-state index contributed by atoms with van der Waals surface area (Å²) in [6.45, 7) is 10.0. The van der Waals surface area contributed by atoms with Crippen LogP contribution in [0.15, 0.2) is 12.1 Å². The molecule has 0 saturated heterocycles. The molecule has 0 heterocycles. The van der Waals surface area contributed by atoms with Crippen LogP contribution in [0.2, 0.25) is 0 Å². The zero-order chi connectivity index (χ0) is 13.2. The molecule has 0 spiro atoms. The number of aryl methyl sites for hydroxylation is 2. The van der Waals surface area contributed by atoms with E-state index in [4.69, 9.17) is 10.5 Å². The SMILES string of the molecule is CCOC(C)(C)C(N)c1c(C)cc(C)cc1F. The number of nitrogens with two attached hydrogens (primary N) is 1. The summed E-state index contributed by atoms with van der Waals surface area (Å²) >= 11 is 0. The maximum Gasteiger partial charge on any atom is 0.128 e. The molecule has 96 valence electrons. The van der Waals surface area contributed by atoms with Gasteiger partial charge in [0.05, 0.1) is 11.6 Å². The molecule has 1 aromatic rings. The van der Waals surface area contributed by atoms with Crippen LogP contribution in [-0.2, 0) is 4.74 Å². The van der Waals surface area contributed by atoms with Crippen LogP contribution in [0.3, 0.4) is 0 Å². The standard InChI is InChI=1S/C14H22FNO/c1-6-17-14(4,5)13(16)12-10(3)7-9(2)8-11(12)15/h7-8,13H,6,16H2,1-5H3. The van der Waals surface area contributed by atoms with Crippen LogP contribution in [0.25, 0.3) is 0 Å². The van der Waals surface area contributed by atoms with E-state index in [1.54, 1.807) is 0 Å². The lowest BCUT2D eigenvalue weighted by Gasteiger charge is -2.32.